The lowest BCUT2D eigenvalue weighted by Gasteiger charge is -2.37. The number of rotatable bonds is 2. The van der Waals surface area contributed by atoms with Crippen LogP contribution in [-0.2, 0) is 10.0 Å². The summed E-state index contributed by atoms with van der Waals surface area (Å²) in [6.07, 6.45) is 1.85. The summed E-state index contributed by atoms with van der Waals surface area (Å²) in [5.41, 5.74) is 0. The molecule has 0 amide bonds. The third-order valence-electron chi connectivity index (χ3n) is 2.16. The van der Waals surface area contributed by atoms with Crippen LogP contribution in [0.25, 0.3) is 0 Å². The molecule has 0 heterocycles. The minimum absolute atomic E-state index is 0.341. The summed E-state index contributed by atoms with van der Waals surface area (Å²) < 4.78 is 20.6. The minimum Gasteiger partial charge on any atom is -0.395 e. The van der Waals surface area contributed by atoms with E-state index in [9.17, 15) is 8.42 Å². The van der Waals surface area contributed by atoms with Crippen molar-refractivity contribution in [3.8, 4) is 0 Å². The minimum atomic E-state index is -3.53. The average Bonchev–Trinajstić information content (AvgIpc) is 1.58. The Hall–Kier alpha value is -0.130. The highest BCUT2D eigenvalue weighted by Crippen LogP contribution is 2.37. The van der Waals surface area contributed by atoms with E-state index in [2.05, 4.69) is 0 Å². The van der Waals surface area contributed by atoms with Crippen LogP contribution in [0.1, 0.15) is 19.3 Å². The highest BCUT2D eigenvalue weighted by atomic mass is 32.2. The Morgan fingerprint density at radius 2 is 2.00 bits per heavy atom. The van der Waals surface area contributed by atoms with Crippen molar-refractivity contribution in [2.24, 2.45) is 5.14 Å². The van der Waals surface area contributed by atoms with Gasteiger partial charge < -0.3 is 5.11 Å². The Kier molecular flexibility index (Phi) is 1.74. The van der Waals surface area contributed by atoms with Gasteiger partial charge in [0.2, 0.25) is 10.0 Å². The van der Waals surface area contributed by atoms with E-state index in [-0.39, 0.29) is 6.61 Å². The smallest absolute Gasteiger partial charge is 0.217 e. The Balaban J connectivity index is 2.85. The summed E-state index contributed by atoms with van der Waals surface area (Å²) in [5.74, 6) is 0. The number of primary sulfonamides is 1. The van der Waals surface area contributed by atoms with Gasteiger partial charge in [-0.1, -0.05) is 6.42 Å². The molecule has 0 spiro atoms. The van der Waals surface area contributed by atoms with Crippen LogP contribution in [-0.4, -0.2) is 24.9 Å². The summed E-state index contributed by atoms with van der Waals surface area (Å²) in [5, 5.41) is 13.6. The first-order chi connectivity index (χ1) is 4.52. The average molecular weight is 165 g/mol. The molecule has 5 heteroatoms. The summed E-state index contributed by atoms with van der Waals surface area (Å²) in [6.45, 7) is -0.341. The van der Waals surface area contributed by atoms with Gasteiger partial charge in [0.25, 0.3) is 0 Å². The van der Waals surface area contributed by atoms with Crippen LogP contribution in [0.3, 0.4) is 0 Å². The molecular formula is C5H11NO3S. The fraction of sp³-hybridized carbons (Fsp3) is 1.00. The third-order valence-corrected chi connectivity index (χ3v) is 3.90. The molecule has 3 N–H and O–H groups in total. The van der Waals surface area contributed by atoms with Gasteiger partial charge in [0.1, 0.15) is 4.75 Å². The SMILES string of the molecule is NS(=O)(=O)C1(CO)CCC1. The fourth-order valence-corrected chi connectivity index (χ4v) is 2.14. The number of hydrogen-bond donors (Lipinski definition) is 2. The van der Waals surface area contributed by atoms with Crippen LogP contribution < -0.4 is 5.14 Å². The highest BCUT2D eigenvalue weighted by Gasteiger charge is 2.46. The molecule has 4 nitrogen and oxygen atoms in total. The van der Waals surface area contributed by atoms with E-state index in [1.54, 1.807) is 0 Å². The predicted octanol–water partition coefficient (Wildman–Crippen LogP) is -0.810. The van der Waals surface area contributed by atoms with Crippen molar-refractivity contribution in [3.05, 3.63) is 0 Å². The van der Waals surface area contributed by atoms with E-state index in [4.69, 9.17) is 10.2 Å². The number of aliphatic hydroxyl groups is 1. The highest BCUT2D eigenvalue weighted by molar-refractivity contribution is 7.90. The normalized spacial score (nSPS) is 23.8. The van der Waals surface area contributed by atoms with Gasteiger partial charge in [0, 0.05) is 0 Å². The van der Waals surface area contributed by atoms with Crippen molar-refractivity contribution in [3.63, 3.8) is 0 Å². The van der Waals surface area contributed by atoms with Gasteiger partial charge in [0.15, 0.2) is 0 Å². The van der Waals surface area contributed by atoms with Crippen LogP contribution in [0.4, 0.5) is 0 Å². The molecule has 1 saturated carbocycles. The zero-order valence-electron chi connectivity index (χ0n) is 5.58. The Labute approximate surface area is 60.1 Å². The molecular weight excluding hydrogens is 154 g/mol. The van der Waals surface area contributed by atoms with Gasteiger partial charge in [-0.15, -0.1) is 0 Å². The van der Waals surface area contributed by atoms with Crippen molar-refractivity contribution in [1.82, 2.24) is 0 Å². The summed E-state index contributed by atoms with van der Waals surface area (Å²) >= 11 is 0. The molecule has 1 fully saturated rings. The maximum atomic E-state index is 10.8. The van der Waals surface area contributed by atoms with Gasteiger partial charge in [0.05, 0.1) is 6.61 Å². The molecule has 0 radical (unpaired) electrons. The molecule has 0 atom stereocenters. The summed E-state index contributed by atoms with van der Waals surface area (Å²) in [6, 6.07) is 0. The van der Waals surface area contributed by atoms with Crippen LogP contribution in [0, 0.1) is 0 Å². The van der Waals surface area contributed by atoms with E-state index in [1.165, 1.54) is 0 Å². The molecule has 1 aliphatic rings. The van der Waals surface area contributed by atoms with Crippen LogP contribution in [0.5, 0.6) is 0 Å². The zero-order chi connectivity index (χ0) is 7.83. The number of sulfonamides is 1. The third kappa shape index (κ3) is 0.941. The van der Waals surface area contributed by atoms with E-state index >= 15 is 0 Å². The van der Waals surface area contributed by atoms with E-state index in [1.807, 2.05) is 0 Å². The molecule has 10 heavy (non-hydrogen) atoms. The topological polar surface area (TPSA) is 80.4 Å². The fourth-order valence-electron chi connectivity index (χ4n) is 1.10. The lowest BCUT2D eigenvalue weighted by molar-refractivity contribution is 0.182. The Morgan fingerprint density at radius 1 is 1.50 bits per heavy atom. The molecule has 0 aromatic carbocycles. The van der Waals surface area contributed by atoms with Crippen molar-refractivity contribution < 1.29 is 13.5 Å². The monoisotopic (exact) mass is 165 g/mol. The molecule has 1 aliphatic carbocycles. The maximum absolute atomic E-state index is 10.8. The predicted molar refractivity (Wildman–Crippen MR) is 36.8 cm³/mol. The molecule has 0 aromatic heterocycles. The molecule has 0 unspecified atom stereocenters. The van der Waals surface area contributed by atoms with Crippen LogP contribution in [0.2, 0.25) is 0 Å². The lowest BCUT2D eigenvalue weighted by atomic mass is 9.85. The first-order valence-corrected chi connectivity index (χ1v) is 4.70. The molecule has 1 rings (SSSR count). The van der Waals surface area contributed by atoms with E-state index < -0.39 is 14.8 Å². The maximum Gasteiger partial charge on any atom is 0.217 e. The standard InChI is InChI=1S/C5H11NO3S/c6-10(8,9)5(4-7)2-1-3-5/h7H,1-4H2,(H2,6,8,9). The molecule has 0 aliphatic heterocycles. The van der Waals surface area contributed by atoms with Gasteiger partial charge in [-0.25, -0.2) is 13.6 Å². The van der Waals surface area contributed by atoms with Gasteiger partial charge >= 0.3 is 0 Å². The number of nitrogens with two attached hydrogens (primary N) is 1. The number of hydrogen-bond acceptors (Lipinski definition) is 3. The second-order valence-electron chi connectivity index (χ2n) is 2.74. The van der Waals surface area contributed by atoms with E-state index in [0.717, 1.165) is 6.42 Å². The lowest BCUT2D eigenvalue weighted by Crippen LogP contribution is -2.51. The van der Waals surface area contributed by atoms with Crippen LogP contribution >= 0.6 is 0 Å². The number of aliphatic hydroxyl groups excluding tert-OH is 1. The molecule has 0 bridgehead atoms. The summed E-state index contributed by atoms with van der Waals surface area (Å²) in [7, 11) is -3.53. The Morgan fingerprint density at radius 3 is 2.00 bits per heavy atom. The van der Waals surface area contributed by atoms with E-state index in [0.29, 0.717) is 12.8 Å². The van der Waals surface area contributed by atoms with Gasteiger partial charge in [-0.2, -0.15) is 0 Å². The van der Waals surface area contributed by atoms with Gasteiger partial charge in [-0.3, -0.25) is 0 Å². The Bertz CT molecular complexity index is 212. The summed E-state index contributed by atoms with van der Waals surface area (Å²) in [4.78, 5) is 0. The quantitative estimate of drug-likeness (QED) is 0.561. The largest absolute Gasteiger partial charge is 0.395 e. The molecule has 60 valence electrons. The van der Waals surface area contributed by atoms with Crippen molar-refractivity contribution >= 4 is 10.0 Å². The van der Waals surface area contributed by atoms with Crippen molar-refractivity contribution in [1.29, 1.82) is 0 Å². The van der Waals surface area contributed by atoms with Crippen molar-refractivity contribution in [2.75, 3.05) is 6.61 Å². The van der Waals surface area contributed by atoms with Gasteiger partial charge in [-0.05, 0) is 12.8 Å². The molecule has 0 saturated heterocycles. The second kappa shape index (κ2) is 2.18. The molecule has 0 aromatic rings. The van der Waals surface area contributed by atoms with Crippen molar-refractivity contribution in [2.45, 2.75) is 24.0 Å². The zero-order valence-corrected chi connectivity index (χ0v) is 6.39. The first kappa shape index (κ1) is 7.97. The van der Waals surface area contributed by atoms with Crippen LogP contribution in [0.15, 0.2) is 0 Å². The first-order valence-electron chi connectivity index (χ1n) is 3.15. The second-order valence-corrected chi connectivity index (χ2v) is 4.70.